The average Bonchev–Trinajstić information content (AvgIpc) is 3.15. The van der Waals surface area contributed by atoms with Crippen LogP contribution in [0.2, 0.25) is 0 Å². The van der Waals surface area contributed by atoms with E-state index < -0.39 is 11.8 Å². The molecule has 0 radical (unpaired) electrons. The van der Waals surface area contributed by atoms with Gasteiger partial charge in [0.1, 0.15) is 5.75 Å². The van der Waals surface area contributed by atoms with Gasteiger partial charge < -0.3 is 9.47 Å². The normalized spacial score (nSPS) is 14.1. The Hall–Kier alpha value is -1.36. The summed E-state index contributed by atoms with van der Waals surface area (Å²) in [5.74, 6) is -0.784. The number of Topliss-reactive ketones (excluding diaryl/α,β-unsaturated/α-hetero) is 1. The minimum Gasteiger partial charge on any atom is -0.489 e. The van der Waals surface area contributed by atoms with E-state index in [1.807, 2.05) is 0 Å². The number of hydrogen-bond donors (Lipinski definition) is 0. The minimum absolute atomic E-state index is 0.189. The van der Waals surface area contributed by atoms with E-state index in [2.05, 4.69) is 20.7 Å². The number of ether oxygens (including phenoxy) is 2. The fourth-order valence-electron chi connectivity index (χ4n) is 1.42. The average molecular weight is 313 g/mol. The summed E-state index contributed by atoms with van der Waals surface area (Å²) in [6.45, 7) is 1.85. The van der Waals surface area contributed by atoms with Crippen LogP contribution in [0.1, 0.15) is 30.1 Å². The smallest absolute Gasteiger partial charge is 0.379 e. The van der Waals surface area contributed by atoms with Crippen molar-refractivity contribution >= 4 is 27.7 Å². The number of halogens is 1. The number of rotatable bonds is 5. The van der Waals surface area contributed by atoms with E-state index in [0.29, 0.717) is 15.8 Å². The fourth-order valence-corrected chi connectivity index (χ4v) is 1.89. The third-order valence-electron chi connectivity index (χ3n) is 2.47. The maximum Gasteiger partial charge on any atom is 0.379 e. The van der Waals surface area contributed by atoms with Crippen molar-refractivity contribution in [3.05, 3.63) is 28.2 Å². The highest BCUT2D eigenvalue weighted by atomic mass is 79.9. The van der Waals surface area contributed by atoms with Gasteiger partial charge in [-0.15, -0.1) is 0 Å². The van der Waals surface area contributed by atoms with Crippen LogP contribution in [0.25, 0.3) is 0 Å². The van der Waals surface area contributed by atoms with Crippen LogP contribution in [0.5, 0.6) is 5.75 Å². The predicted molar refractivity (Wildman–Crippen MR) is 68.8 cm³/mol. The monoisotopic (exact) mass is 312 g/mol. The maximum absolute atomic E-state index is 11.7. The third-order valence-corrected chi connectivity index (χ3v) is 3.09. The standard InChI is InChI=1S/C13H13BrO4/c1-2-17-13(16)12(15)8-3-6-11(10(14)7-8)18-9-4-5-9/h3,6-7,9H,2,4-5H2,1H3. The lowest BCUT2D eigenvalue weighted by molar-refractivity contribution is -0.137. The lowest BCUT2D eigenvalue weighted by Crippen LogP contribution is -2.17. The first-order valence-electron chi connectivity index (χ1n) is 5.79. The van der Waals surface area contributed by atoms with Gasteiger partial charge in [-0.25, -0.2) is 4.79 Å². The van der Waals surface area contributed by atoms with E-state index in [4.69, 9.17) is 4.74 Å². The summed E-state index contributed by atoms with van der Waals surface area (Å²) in [7, 11) is 0. The molecule has 0 aromatic heterocycles. The van der Waals surface area contributed by atoms with Crippen LogP contribution in [0.4, 0.5) is 0 Å². The van der Waals surface area contributed by atoms with Crippen molar-refractivity contribution in [2.45, 2.75) is 25.9 Å². The topological polar surface area (TPSA) is 52.6 Å². The van der Waals surface area contributed by atoms with Crippen LogP contribution in [0.3, 0.4) is 0 Å². The summed E-state index contributed by atoms with van der Waals surface area (Å²) in [5, 5.41) is 0. The van der Waals surface area contributed by atoms with Crippen LogP contribution >= 0.6 is 15.9 Å². The molecule has 1 aliphatic rings. The van der Waals surface area contributed by atoms with Crippen molar-refractivity contribution in [1.82, 2.24) is 0 Å². The Morgan fingerprint density at radius 2 is 2.11 bits per heavy atom. The highest BCUT2D eigenvalue weighted by Gasteiger charge is 2.25. The summed E-state index contributed by atoms with van der Waals surface area (Å²) >= 11 is 3.33. The number of esters is 1. The molecular formula is C13H13BrO4. The van der Waals surface area contributed by atoms with E-state index in [0.717, 1.165) is 12.8 Å². The van der Waals surface area contributed by atoms with E-state index in [-0.39, 0.29) is 12.7 Å². The van der Waals surface area contributed by atoms with Gasteiger partial charge in [-0.2, -0.15) is 0 Å². The van der Waals surface area contributed by atoms with Gasteiger partial charge in [-0.3, -0.25) is 4.79 Å². The molecule has 18 heavy (non-hydrogen) atoms. The molecule has 1 saturated carbocycles. The van der Waals surface area contributed by atoms with E-state index in [1.54, 1.807) is 25.1 Å². The Morgan fingerprint density at radius 3 is 2.67 bits per heavy atom. The largest absolute Gasteiger partial charge is 0.489 e. The minimum atomic E-state index is -0.833. The highest BCUT2D eigenvalue weighted by Crippen LogP contribution is 2.32. The molecule has 0 spiro atoms. The van der Waals surface area contributed by atoms with Gasteiger partial charge in [0.15, 0.2) is 0 Å². The number of carbonyl (C=O) groups is 2. The second-order valence-electron chi connectivity index (χ2n) is 4.01. The van der Waals surface area contributed by atoms with Gasteiger partial charge in [0.2, 0.25) is 0 Å². The molecule has 5 heteroatoms. The number of carbonyl (C=O) groups excluding carboxylic acids is 2. The van der Waals surface area contributed by atoms with Gasteiger partial charge in [0.05, 0.1) is 17.2 Å². The number of ketones is 1. The molecule has 1 aromatic rings. The van der Waals surface area contributed by atoms with E-state index >= 15 is 0 Å². The van der Waals surface area contributed by atoms with Crippen LogP contribution in [-0.2, 0) is 9.53 Å². The predicted octanol–water partition coefficient (Wildman–Crippen LogP) is 2.74. The molecule has 0 unspecified atom stereocenters. The van der Waals surface area contributed by atoms with Gasteiger partial charge in [0, 0.05) is 5.56 Å². The summed E-state index contributed by atoms with van der Waals surface area (Å²) in [5.41, 5.74) is 0.295. The zero-order chi connectivity index (χ0) is 13.1. The SMILES string of the molecule is CCOC(=O)C(=O)c1ccc(OC2CC2)c(Br)c1. The van der Waals surface area contributed by atoms with Gasteiger partial charge in [0.25, 0.3) is 5.78 Å². The first-order valence-corrected chi connectivity index (χ1v) is 6.58. The summed E-state index contributed by atoms with van der Waals surface area (Å²) in [6.07, 6.45) is 2.42. The zero-order valence-corrected chi connectivity index (χ0v) is 11.5. The van der Waals surface area contributed by atoms with Crippen molar-refractivity contribution in [2.75, 3.05) is 6.61 Å². The molecule has 1 aromatic carbocycles. The molecule has 0 heterocycles. The Morgan fingerprint density at radius 1 is 1.39 bits per heavy atom. The summed E-state index contributed by atoms with van der Waals surface area (Å²) in [4.78, 5) is 23.0. The molecule has 1 aliphatic carbocycles. The lowest BCUT2D eigenvalue weighted by atomic mass is 10.1. The second kappa shape index (κ2) is 5.52. The molecule has 0 saturated heterocycles. The molecule has 0 N–H and O–H groups in total. The van der Waals surface area contributed by atoms with E-state index in [9.17, 15) is 9.59 Å². The first kappa shape index (κ1) is 13.1. The number of benzene rings is 1. The van der Waals surface area contributed by atoms with E-state index in [1.165, 1.54) is 0 Å². The van der Waals surface area contributed by atoms with Crippen LogP contribution in [0.15, 0.2) is 22.7 Å². The molecule has 0 atom stereocenters. The van der Waals surface area contributed by atoms with Crippen molar-refractivity contribution in [3.63, 3.8) is 0 Å². The van der Waals surface area contributed by atoms with Gasteiger partial charge >= 0.3 is 5.97 Å². The van der Waals surface area contributed by atoms with Crippen molar-refractivity contribution < 1.29 is 19.1 Å². The van der Waals surface area contributed by atoms with Crippen molar-refractivity contribution in [3.8, 4) is 5.75 Å². The Balaban J connectivity index is 2.11. The molecule has 96 valence electrons. The number of hydrogen-bond acceptors (Lipinski definition) is 4. The molecule has 0 bridgehead atoms. The van der Waals surface area contributed by atoms with Crippen molar-refractivity contribution in [1.29, 1.82) is 0 Å². The Kier molecular flexibility index (Phi) is 4.01. The zero-order valence-electron chi connectivity index (χ0n) is 9.94. The molecule has 4 nitrogen and oxygen atoms in total. The third kappa shape index (κ3) is 3.10. The van der Waals surface area contributed by atoms with Crippen LogP contribution in [-0.4, -0.2) is 24.5 Å². The summed E-state index contributed by atoms with van der Waals surface area (Å²) < 4.78 is 11.0. The second-order valence-corrected chi connectivity index (χ2v) is 4.87. The summed E-state index contributed by atoms with van der Waals surface area (Å²) in [6, 6.07) is 4.84. The van der Waals surface area contributed by atoms with Crippen LogP contribution < -0.4 is 4.74 Å². The molecule has 0 aliphatic heterocycles. The molecule has 0 amide bonds. The lowest BCUT2D eigenvalue weighted by Gasteiger charge is -2.08. The highest BCUT2D eigenvalue weighted by molar-refractivity contribution is 9.10. The van der Waals surface area contributed by atoms with Gasteiger partial charge in [-0.1, -0.05) is 0 Å². The Labute approximate surface area is 113 Å². The molecule has 1 fully saturated rings. The molecule has 2 rings (SSSR count). The molecular weight excluding hydrogens is 300 g/mol. The van der Waals surface area contributed by atoms with Crippen molar-refractivity contribution in [2.24, 2.45) is 0 Å². The van der Waals surface area contributed by atoms with Crippen LogP contribution in [0, 0.1) is 0 Å². The Bertz CT molecular complexity index is 480. The quantitative estimate of drug-likeness (QED) is 0.476. The maximum atomic E-state index is 11.7. The van der Waals surface area contributed by atoms with Gasteiger partial charge in [-0.05, 0) is 53.9 Å². The fraction of sp³-hybridized carbons (Fsp3) is 0.385. The first-order chi connectivity index (χ1) is 8.61.